The van der Waals surface area contributed by atoms with E-state index in [2.05, 4.69) is 10.1 Å². The number of aliphatic carboxylic acids is 1. The molecule has 30 heavy (non-hydrogen) atoms. The van der Waals surface area contributed by atoms with Crippen LogP contribution >= 0.6 is 0 Å². The van der Waals surface area contributed by atoms with E-state index >= 15 is 0 Å². The van der Waals surface area contributed by atoms with Crippen molar-refractivity contribution in [3.8, 4) is 0 Å². The third kappa shape index (κ3) is 16.4. The van der Waals surface area contributed by atoms with Gasteiger partial charge in [0.1, 0.15) is 16.8 Å². The third-order valence-electron chi connectivity index (χ3n) is 2.51. The van der Waals surface area contributed by atoms with Crippen LogP contribution in [0.5, 0.6) is 0 Å². The zero-order chi connectivity index (χ0) is 24.6. The Kier molecular flexibility index (Phi) is 10.9. The summed E-state index contributed by atoms with van der Waals surface area (Å²) in [5, 5.41) is 19.7. The fourth-order valence-electron chi connectivity index (χ4n) is 1.30. The smallest absolute Gasteiger partial charge is 0.479 e. The Hall–Kier alpha value is -2.56. The second kappa shape index (κ2) is 11.0. The number of aliphatic hydroxyl groups excluding tert-OH is 1. The largest absolute Gasteiger partial charge is 0.519 e. The average Bonchev–Trinajstić information content (AvgIpc) is 2.40. The summed E-state index contributed by atoms with van der Waals surface area (Å²) in [6, 6.07) is 0. The summed E-state index contributed by atoms with van der Waals surface area (Å²) in [6.45, 7) is 15.5. The van der Waals surface area contributed by atoms with Crippen LogP contribution < -0.4 is 5.32 Å². The molecule has 3 N–H and O–H groups in total. The molecule has 0 spiro atoms. The van der Waals surface area contributed by atoms with Crippen LogP contribution in [0.3, 0.4) is 0 Å². The maximum Gasteiger partial charge on any atom is 0.519 e. The molecule has 0 saturated carbocycles. The topological polar surface area (TPSA) is 158 Å². The molecule has 0 aliphatic rings. The number of carboxylic acids is 1. The maximum absolute atomic E-state index is 11.2. The molecule has 0 saturated heterocycles. The zero-order valence-corrected chi connectivity index (χ0v) is 19.4. The Morgan fingerprint density at radius 2 is 1.03 bits per heavy atom. The number of nitrogens with one attached hydrogen (secondary N) is 1. The van der Waals surface area contributed by atoms with Crippen LogP contribution in [0.1, 0.15) is 69.2 Å². The van der Waals surface area contributed by atoms with Gasteiger partial charge in [0.25, 0.3) is 0 Å². The Labute approximate surface area is 177 Å². The first kappa shape index (κ1) is 29.6. The predicted molar refractivity (Wildman–Crippen MR) is 106 cm³/mol. The lowest BCUT2D eigenvalue weighted by molar-refractivity contribution is -0.145. The minimum Gasteiger partial charge on any atom is -0.479 e. The van der Waals surface area contributed by atoms with Gasteiger partial charge in [-0.1, -0.05) is 0 Å². The number of rotatable bonds is 3. The zero-order valence-electron chi connectivity index (χ0n) is 19.4. The van der Waals surface area contributed by atoms with Crippen molar-refractivity contribution < 1.29 is 48.3 Å². The molecule has 0 fully saturated rings. The molecule has 0 aliphatic heterocycles. The molecule has 0 heterocycles. The van der Waals surface area contributed by atoms with E-state index in [1.54, 1.807) is 62.3 Å². The van der Waals surface area contributed by atoms with Crippen molar-refractivity contribution in [2.24, 2.45) is 0 Å². The highest BCUT2D eigenvalue weighted by atomic mass is 16.8. The summed E-state index contributed by atoms with van der Waals surface area (Å²) in [5.41, 5.74) is -3.82. The molecule has 0 aromatic heterocycles. The molecule has 0 rings (SSSR count). The Balaban J connectivity index is 0. The van der Waals surface area contributed by atoms with Crippen LogP contribution in [0, 0.1) is 0 Å². The fourth-order valence-corrected chi connectivity index (χ4v) is 1.30. The number of hydrogen-bond donors (Lipinski definition) is 3. The molecule has 0 bridgehead atoms. The third-order valence-corrected chi connectivity index (χ3v) is 2.51. The van der Waals surface area contributed by atoms with Gasteiger partial charge in [0.05, 0.1) is 6.61 Å². The minimum atomic E-state index is -1.72. The molecule has 0 aliphatic carbocycles. The van der Waals surface area contributed by atoms with E-state index < -0.39 is 53.3 Å². The van der Waals surface area contributed by atoms with Crippen molar-refractivity contribution in [1.29, 1.82) is 0 Å². The first-order valence-electron chi connectivity index (χ1n) is 9.09. The highest BCUT2D eigenvalue weighted by molar-refractivity contribution is 5.84. The van der Waals surface area contributed by atoms with Crippen LogP contribution in [0.15, 0.2) is 0 Å². The molecule has 1 amide bonds. The molecule has 11 nitrogen and oxygen atoms in total. The maximum atomic E-state index is 11.2. The minimum absolute atomic E-state index is 0.695. The molecule has 1 unspecified atom stereocenters. The van der Waals surface area contributed by atoms with E-state index in [1.165, 1.54) is 6.92 Å². The Morgan fingerprint density at radius 3 is 1.27 bits per heavy atom. The van der Waals surface area contributed by atoms with Gasteiger partial charge in [-0.05, 0) is 69.2 Å². The van der Waals surface area contributed by atoms with Gasteiger partial charge in [0, 0.05) is 0 Å². The first-order valence-corrected chi connectivity index (χ1v) is 9.09. The second-order valence-corrected chi connectivity index (χ2v) is 9.45. The van der Waals surface area contributed by atoms with Crippen LogP contribution in [-0.4, -0.2) is 63.5 Å². The number of ether oxygens (including phenoxy) is 4. The fraction of sp³-hybridized carbons (Fsp3) is 0.789. The van der Waals surface area contributed by atoms with Gasteiger partial charge in [-0.2, -0.15) is 0 Å². The van der Waals surface area contributed by atoms with E-state index in [0.717, 1.165) is 0 Å². The van der Waals surface area contributed by atoms with E-state index in [-0.39, 0.29) is 0 Å². The number of carbonyl (C=O) groups is 4. The monoisotopic (exact) mass is 437 g/mol. The van der Waals surface area contributed by atoms with Crippen molar-refractivity contribution in [3.63, 3.8) is 0 Å². The summed E-state index contributed by atoms with van der Waals surface area (Å²) in [4.78, 5) is 44.0. The number of hydrogen-bond acceptors (Lipinski definition) is 9. The van der Waals surface area contributed by atoms with Crippen LogP contribution in [0.25, 0.3) is 0 Å². The number of carboxylic acid groups (broad SMARTS) is 1. The van der Waals surface area contributed by atoms with Gasteiger partial charge in [-0.25, -0.2) is 19.2 Å². The van der Waals surface area contributed by atoms with E-state index in [0.29, 0.717) is 0 Å². The van der Waals surface area contributed by atoms with E-state index in [9.17, 15) is 19.2 Å². The quantitative estimate of drug-likeness (QED) is 0.340. The molecular formula is C19H35NO10. The second-order valence-electron chi connectivity index (χ2n) is 9.45. The lowest BCUT2D eigenvalue weighted by Gasteiger charge is -2.26. The normalized spacial score (nSPS) is 13.6. The van der Waals surface area contributed by atoms with Crippen molar-refractivity contribution in [2.45, 2.75) is 91.6 Å². The van der Waals surface area contributed by atoms with Gasteiger partial charge >= 0.3 is 24.4 Å². The first-order chi connectivity index (χ1) is 13.1. The van der Waals surface area contributed by atoms with Gasteiger partial charge < -0.3 is 34.5 Å². The van der Waals surface area contributed by atoms with Crippen molar-refractivity contribution >= 4 is 24.4 Å². The molecule has 0 radical (unpaired) electrons. The van der Waals surface area contributed by atoms with E-state index in [1.807, 2.05) is 0 Å². The number of carbonyl (C=O) groups excluding carboxylic acids is 3. The highest BCUT2D eigenvalue weighted by Gasteiger charge is 2.35. The van der Waals surface area contributed by atoms with Crippen molar-refractivity contribution in [1.82, 2.24) is 5.32 Å². The number of amides is 1. The summed E-state index contributed by atoms with van der Waals surface area (Å²) < 4.78 is 18.7. The average molecular weight is 437 g/mol. The highest BCUT2D eigenvalue weighted by Crippen LogP contribution is 2.12. The lowest BCUT2D eigenvalue weighted by Crippen LogP contribution is -2.55. The van der Waals surface area contributed by atoms with Gasteiger partial charge in [0.15, 0.2) is 5.54 Å². The summed E-state index contributed by atoms with van der Waals surface area (Å²) in [5.74, 6) is -1.32. The predicted octanol–water partition coefficient (Wildman–Crippen LogP) is 3.22. The number of alkyl carbamates (subject to hydrolysis) is 1. The SMILES string of the molecule is CC(C)(C)OC(=O)NC(C)(CO)C(=O)O.CC(C)(C)OC(=O)OC(=O)OC(C)(C)C. The summed E-state index contributed by atoms with van der Waals surface area (Å²) in [6.07, 6.45) is -2.99. The molecule has 11 heteroatoms. The van der Waals surface area contributed by atoms with Crippen LogP contribution in [0.4, 0.5) is 14.4 Å². The van der Waals surface area contributed by atoms with Gasteiger partial charge in [-0.15, -0.1) is 0 Å². The molecule has 176 valence electrons. The van der Waals surface area contributed by atoms with Crippen LogP contribution in [0.2, 0.25) is 0 Å². The Bertz CT molecular complexity index is 584. The van der Waals surface area contributed by atoms with Crippen molar-refractivity contribution in [3.05, 3.63) is 0 Å². The number of aliphatic hydroxyl groups is 1. The summed E-state index contributed by atoms with van der Waals surface area (Å²) >= 11 is 0. The Morgan fingerprint density at radius 1 is 0.700 bits per heavy atom. The van der Waals surface area contributed by atoms with Gasteiger partial charge in [-0.3, -0.25) is 0 Å². The summed E-state index contributed by atoms with van der Waals surface area (Å²) in [7, 11) is 0. The molecular weight excluding hydrogens is 402 g/mol. The standard InChI is InChI=1S/C10H18O5.C9H17NO5/c1-9(2,3)14-7(11)13-8(12)15-10(4,5)6;1-8(2,3)15-7(14)10-9(4,5-11)6(12)13/h1-6H3;11H,5H2,1-4H3,(H,10,14)(H,12,13). The molecule has 1 atom stereocenters. The van der Waals surface area contributed by atoms with Crippen molar-refractivity contribution in [2.75, 3.05) is 6.61 Å². The van der Waals surface area contributed by atoms with Crippen LogP contribution in [-0.2, 0) is 23.7 Å². The molecule has 0 aromatic rings. The lowest BCUT2D eigenvalue weighted by atomic mass is 10.1. The van der Waals surface area contributed by atoms with Gasteiger partial charge in [0.2, 0.25) is 0 Å². The van der Waals surface area contributed by atoms with E-state index in [4.69, 9.17) is 24.4 Å². The molecule has 0 aromatic carbocycles.